The second kappa shape index (κ2) is 13.2. The van der Waals surface area contributed by atoms with Gasteiger partial charge in [-0.15, -0.1) is 0 Å². The van der Waals surface area contributed by atoms with Gasteiger partial charge in [0.25, 0.3) is 0 Å². The molecule has 0 spiro atoms. The lowest BCUT2D eigenvalue weighted by Crippen LogP contribution is -2.31. The predicted molar refractivity (Wildman–Crippen MR) is 152 cm³/mol. The SMILES string of the molecule is COc1cc(CC(=O)N(C)c2ccc(C(CC(=O)O)N(C)C(C)=O)cn2)ccc1NC(=O)Nc1ccccc1C. The smallest absolute Gasteiger partial charge is 0.323 e. The van der Waals surface area contributed by atoms with Crippen molar-refractivity contribution < 1.29 is 29.0 Å². The van der Waals surface area contributed by atoms with E-state index in [0.29, 0.717) is 34.1 Å². The van der Waals surface area contributed by atoms with Crippen LogP contribution in [0.5, 0.6) is 5.75 Å². The van der Waals surface area contributed by atoms with Crippen LogP contribution in [0.2, 0.25) is 0 Å². The topological polar surface area (TPSA) is 141 Å². The Morgan fingerprint density at radius 1 is 1.00 bits per heavy atom. The normalized spacial score (nSPS) is 11.2. The fourth-order valence-corrected chi connectivity index (χ4v) is 4.02. The largest absolute Gasteiger partial charge is 0.495 e. The average molecular weight is 548 g/mol. The molecular weight excluding hydrogens is 514 g/mol. The van der Waals surface area contributed by atoms with E-state index in [-0.39, 0.29) is 24.7 Å². The number of pyridine rings is 1. The first kappa shape index (κ1) is 29.6. The van der Waals surface area contributed by atoms with Crippen molar-refractivity contribution in [3.05, 3.63) is 77.5 Å². The summed E-state index contributed by atoms with van der Waals surface area (Å²) in [6.07, 6.45) is 1.24. The number of carbonyl (C=O) groups is 4. The summed E-state index contributed by atoms with van der Waals surface area (Å²) in [6, 6.07) is 14.6. The van der Waals surface area contributed by atoms with E-state index < -0.39 is 18.0 Å². The van der Waals surface area contributed by atoms with Gasteiger partial charge in [-0.05, 0) is 47.9 Å². The number of rotatable bonds is 10. The van der Waals surface area contributed by atoms with Gasteiger partial charge in [-0.1, -0.05) is 30.3 Å². The predicted octanol–water partition coefficient (Wildman–Crippen LogP) is 4.24. The van der Waals surface area contributed by atoms with Crippen molar-refractivity contribution in [2.45, 2.75) is 32.7 Å². The lowest BCUT2D eigenvalue weighted by atomic mass is 10.0. The number of methoxy groups -OCH3 is 1. The number of hydrogen-bond donors (Lipinski definition) is 3. The molecule has 3 rings (SSSR count). The lowest BCUT2D eigenvalue weighted by molar-refractivity contribution is -0.140. The van der Waals surface area contributed by atoms with Crippen LogP contribution in [0.4, 0.5) is 22.0 Å². The van der Waals surface area contributed by atoms with E-state index in [1.165, 1.54) is 37.1 Å². The molecule has 210 valence electrons. The maximum atomic E-state index is 13.0. The van der Waals surface area contributed by atoms with Crippen LogP contribution in [0.1, 0.15) is 36.1 Å². The van der Waals surface area contributed by atoms with Crippen LogP contribution in [0, 0.1) is 6.92 Å². The van der Waals surface area contributed by atoms with Gasteiger partial charge in [-0.25, -0.2) is 9.78 Å². The number of anilines is 3. The van der Waals surface area contributed by atoms with E-state index in [9.17, 15) is 24.3 Å². The number of urea groups is 1. The van der Waals surface area contributed by atoms with Gasteiger partial charge in [-0.2, -0.15) is 0 Å². The summed E-state index contributed by atoms with van der Waals surface area (Å²) >= 11 is 0. The Labute approximate surface area is 232 Å². The van der Waals surface area contributed by atoms with E-state index in [1.54, 1.807) is 43.4 Å². The molecule has 0 saturated carbocycles. The molecule has 2 aromatic carbocycles. The Morgan fingerprint density at radius 3 is 2.30 bits per heavy atom. The molecule has 3 aromatic rings. The Hall–Kier alpha value is -4.93. The molecule has 40 heavy (non-hydrogen) atoms. The van der Waals surface area contributed by atoms with E-state index in [4.69, 9.17) is 4.74 Å². The maximum Gasteiger partial charge on any atom is 0.323 e. The molecule has 0 radical (unpaired) electrons. The van der Waals surface area contributed by atoms with Crippen LogP contribution in [-0.2, 0) is 20.8 Å². The molecule has 1 heterocycles. The van der Waals surface area contributed by atoms with E-state index in [1.807, 2.05) is 25.1 Å². The molecule has 0 saturated heterocycles. The fourth-order valence-electron chi connectivity index (χ4n) is 4.02. The molecular formula is C29H33N5O6. The highest BCUT2D eigenvalue weighted by Gasteiger charge is 2.23. The zero-order valence-electron chi connectivity index (χ0n) is 23.1. The van der Waals surface area contributed by atoms with Crippen LogP contribution in [0.3, 0.4) is 0 Å². The highest BCUT2D eigenvalue weighted by molar-refractivity contribution is 6.01. The van der Waals surface area contributed by atoms with Gasteiger partial charge in [0.15, 0.2) is 0 Å². The third kappa shape index (κ3) is 7.56. The van der Waals surface area contributed by atoms with Crippen LogP contribution < -0.4 is 20.3 Å². The van der Waals surface area contributed by atoms with E-state index >= 15 is 0 Å². The molecule has 11 nitrogen and oxygen atoms in total. The molecule has 4 amide bonds. The minimum absolute atomic E-state index is 0.0424. The summed E-state index contributed by atoms with van der Waals surface area (Å²) < 4.78 is 5.44. The lowest BCUT2D eigenvalue weighted by Gasteiger charge is -2.26. The van der Waals surface area contributed by atoms with Gasteiger partial charge < -0.3 is 25.4 Å². The van der Waals surface area contributed by atoms with Crippen LogP contribution in [0.25, 0.3) is 0 Å². The number of aliphatic carboxylic acids is 1. The summed E-state index contributed by atoms with van der Waals surface area (Å²) in [6.45, 7) is 3.26. The van der Waals surface area contributed by atoms with Crippen molar-refractivity contribution >= 4 is 41.0 Å². The Bertz CT molecular complexity index is 1390. The van der Waals surface area contributed by atoms with E-state index in [2.05, 4.69) is 15.6 Å². The monoisotopic (exact) mass is 547 g/mol. The molecule has 11 heteroatoms. The zero-order valence-corrected chi connectivity index (χ0v) is 23.1. The molecule has 1 atom stereocenters. The Kier molecular flexibility index (Phi) is 9.80. The number of carboxylic acids is 1. The number of nitrogens with one attached hydrogen (secondary N) is 2. The van der Waals surface area contributed by atoms with Crippen molar-refractivity contribution in [3.63, 3.8) is 0 Å². The third-order valence-corrected chi connectivity index (χ3v) is 6.47. The standard InChI is InChI=1S/C29H33N5O6/c1-18-8-6-7-9-22(18)31-29(39)32-23-12-10-20(14-25(23)40-5)15-27(36)34(4)26-13-11-21(17-30-26)24(16-28(37)38)33(3)19(2)35/h6-14,17,24H,15-16H2,1-5H3,(H,37,38)(H2,31,32,39). The number of carbonyl (C=O) groups excluding carboxylic acids is 3. The molecule has 1 aromatic heterocycles. The van der Waals surface area contributed by atoms with Gasteiger partial charge in [0.1, 0.15) is 11.6 Å². The number of carboxylic acid groups (broad SMARTS) is 1. The third-order valence-electron chi connectivity index (χ3n) is 6.47. The second-order valence-electron chi connectivity index (χ2n) is 9.25. The molecule has 0 aliphatic heterocycles. The first-order valence-corrected chi connectivity index (χ1v) is 12.5. The molecule has 1 unspecified atom stereocenters. The summed E-state index contributed by atoms with van der Waals surface area (Å²) in [7, 11) is 4.60. The highest BCUT2D eigenvalue weighted by Crippen LogP contribution is 2.28. The molecule has 0 aliphatic rings. The minimum Gasteiger partial charge on any atom is -0.495 e. The van der Waals surface area contributed by atoms with Crippen molar-refractivity contribution in [1.82, 2.24) is 9.88 Å². The molecule has 3 N–H and O–H groups in total. The molecule has 0 bridgehead atoms. The summed E-state index contributed by atoms with van der Waals surface area (Å²) in [4.78, 5) is 55.7. The van der Waals surface area contributed by atoms with Crippen molar-refractivity contribution in [2.75, 3.05) is 36.7 Å². The highest BCUT2D eigenvalue weighted by atomic mass is 16.5. The summed E-state index contributed by atoms with van der Waals surface area (Å²) in [5, 5.41) is 14.8. The number of hydrogen-bond acceptors (Lipinski definition) is 6. The number of amides is 4. The maximum absolute atomic E-state index is 13.0. The number of aryl methyl sites for hydroxylation is 1. The van der Waals surface area contributed by atoms with Crippen LogP contribution in [-0.4, -0.2) is 60.0 Å². The Morgan fingerprint density at radius 2 is 1.70 bits per heavy atom. The quantitative estimate of drug-likeness (QED) is 0.345. The van der Waals surface area contributed by atoms with Gasteiger partial charge in [0, 0.05) is 32.9 Å². The van der Waals surface area contributed by atoms with Gasteiger partial charge in [-0.3, -0.25) is 19.3 Å². The fraction of sp³-hybridized carbons (Fsp3) is 0.276. The minimum atomic E-state index is -1.04. The van der Waals surface area contributed by atoms with Crippen LogP contribution in [0.15, 0.2) is 60.8 Å². The number of ether oxygens (including phenoxy) is 1. The molecule has 0 aliphatic carbocycles. The Balaban J connectivity index is 1.68. The summed E-state index contributed by atoms with van der Waals surface area (Å²) in [5.74, 6) is -0.798. The van der Waals surface area contributed by atoms with E-state index in [0.717, 1.165) is 5.56 Å². The molecule has 0 fully saturated rings. The van der Waals surface area contributed by atoms with Gasteiger partial charge >= 0.3 is 12.0 Å². The number of benzene rings is 2. The number of nitrogens with zero attached hydrogens (tertiary/aromatic N) is 3. The van der Waals surface area contributed by atoms with Crippen molar-refractivity contribution in [2.24, 2.45) is 0 Å². The first-order chi connectivity index (χ1) is 19.0. The zero-order chi connectivity index (χ0) is 29.4. The van der Waals surface area contributed by atoms with Crippen molar-refractivity contribution in [1.29, 1.82) is 0 Å². The van der Waals surface area contributed by atoms with Gasteiger partial charge in [0.2, 0.25) is 11.8 Å². The number of para-hydroxylation sites is 1. The van der Waals surface area contributed by atoms with Crippen LogP contribution >= 0.6 is 0 Å². The summed E-state index contributed by atoms with van der Waals surface area (Å²) in [5.41, 5.74) is 3.27. The van der Waals surface area contributed by atoms with Gasteiger partial charge in [0.05, 0.1) is 31.7 Å². The average Bonchev–Trinajstić information content (AvgIpc) is 2.92. The first-order valence-electron chi connectivity index (χ1n) is 12.5. The number of aromatic nitrogens is 1. The number of likely N-dealkylation sites (N-methyl/N-ethyl adjacent to an activating group) is 1. The van der Waals surface area contributed by atoms with Crippen molar-refractivity contribution in [3.8, 4) is 5.75 Å². The second-order valence-corrected chi connectivity index (χ2v) is 9.25.